The van der Waals surface area contributed by atoms with Crippen LogP contribution in [0.25, 0.3) is 0 Å². The first kappa shape index (κ1) is 17.3. The van der Waals surface area contributed by atoms with Gasteiger partial charge in [0.25, 0.3) is 0 Å². The predicted octanol–water partition coefficient (Wildman–Crippen LogP) is 1.84. The molecule has 0 bridgehead atoms. The van der Waals surface area contributed by atoms with Crippen molar-refractivity contribution in [3.63, 3.8) is 0 Å². The lowest BCUT2D eigenvalue weighted by atomic mass is 9.94. The zero-order valence-electron chi connectivity index (χ0n) is 12.0. The number of urea groups is 1. The molecule has 108 valence electrons. The highest BCUT2D eigenvalue weighted by Gasteiger charge is 2.15. The van der Waals surface area contributed by atoms with Crippen LogP contribution in [-0.4, -0.2) is 30.2 Å². The molecule has 19 heavy (non-hydrogen) atoms. The van der Waals surface area contributed by atoms with Crippen LogP contribution in [0.3, 0.4) is 0 Å². The van der Waals surface area contributed by atoms with E-state index < -0.39 is 5.97 Å². The van der Waals surface area contributed by atoms with Crippen LogP contribution in [0.4, 0.5) is 4.79 Å². The summed E-state index contributed by atoms with van der Waals surface area (Å²) in [6.07, 6.45) is 1.49. The monoisotopic (exact) mass is 268 g/mol. The number of carbonyl (C=O) groups is 2. The van der Waals surface area contributed by atoms with Crippen molar-refractivity contribution in [2.45, 2.75) is 40.0 Å². The lowest BCUT2D eigenvalue weighted by molar-refractivity contribution is -0.138. The Morgan fingerprint density at radius 3 is 2.47 bits per heavy atom. The molecule has 2 amide bonds. The molecule has 5 nitrogen and oxygen atoms in total. The Kier molecular flexibility index (Phi) is 9.33. The maximum Gasteiger partial charge on any atom is 0.314 e. The van der Waals surface area contributed by atoms with Gasteiger partial charge in [-0.1, -0.05) is 13.8 Å². The Morgan fingerprint density at radius 1 is 1.26 bits per heavy atom. The molecule has 0 aliphatic heterocycles. The third kappa shape index (κ3) is 11.1. The van der Waals surface area contributed by atoms with E-state index in [4.69, 9.17) is 5.11 Å². The first-order valence-corrected chi connectivity index (χ1v) is 6.58. The highest BCUT2D eigenvalue weighted by Crippen LogP contribution is 2.14. The van der Waals surface area contributed by atoms with Crippen molar-refractivity contribution in [1.29, 1.82) is 0 Å². The highest BCUT2D eigenvalue weighted by molar-refractivity contribution is 5.74. The molecule has 1 unspecified atom stereocenters. The van der Waals surface area contributed by atoms with Crippen LogP contribution in [-0.2, 0) is 4.79 Å². The van der Waals surface area contributed by atoms with Gasteiger partial charge in [-0.25, -0.2) is 4.79 Å². The molecule has 1 atom stereocenters. The van der Waals surface area contributed by atoms with E-state index in [1.54, 1.807) is 6.92 Å². The molecule has 0 heterocycles. The number of aliphatic carboxylic acids is 1. The Balaban J connectivity index is 3.96. The molecule has 0 aromatic heterocycles. The minimum atomic E-state index is -0.828. The second-order valence-corrected chi connectivity index (χ2v) is 4.91. The van der Waals surface area contributed by atoms with Crippen molar-refractivity contribution in [3.8, 4) is 11.8 Å². The third-order valence-electron chi connectivity index (χ3n) is 2.53. The summed E-state index contributed by atoms with van der Waals surface area (Å²) in [6.45, 7) is 6.72. The van der Waals surface area contributed by atoms with E-state index in [0.717, 1.165) is 6.42 Å². The molecule has 0 aliphatic carbocycles. The average Bonchev–Trinajstić information content (AvgIpc) is 2.30. The number of nitrogens with one attached hydrogen (secondary N) is 2. The van der Waals surface area contributed by atoms with Gasteiger partial charge >= 0.3 is 12.0 Å². The van der Waals surface area contributed by atoms with Crippen molar-refractivity contribution >= 4 is 12.0 Å². The van der Waals surface area contributed by atoms with Crippen molar-refractivity contribution in [2.24, 2.45) is 11.8 Å². The predicted molar refractivity (Wildman–Crippen MR) is 74.7 cm³/mol. The standard InChI is InChI=1S/C14H24N2O3/c1-4-5-6-7-15-14(19)16-10-12(8-11(2)3)9-13(17)18/h11-12H,6-10H2,1-3H3,(H,17,18)(H2,15,16,19). The first-order chi connectivity index (χ1) is 8.95. The summed E-state index contributed by atoms with van der Waals surface area (Å²) < 4.78 is 0. The summed E-state index contributed by atoms with van der Waals surface area (Å²) in [4.78, 5) is 22.2. The highest BCUT2D eigenvalue weighted by atomic mass is 16.4. The lowest BCUT2D eigenvalue weighted by Gasteiger charge is -2.17. The summed E-state index contributed by atoms with van der Waals surface area (Å²) in [6, 6.07) is -0.267. The third-order valence-corrected chi connectivity index (χ3v) is 2.53. The Hall–Kier alpha value is -1.70. The van der Waals surface area contributed by atoms with Crippen LogP contribution < -0.4 is 10.6 Å². The van der Waals surface area contributed by atoms with Gasteiger partial charge < -0.3 is 15.7 Å². The van der Waals surface area contributed by atoms with Crippen molar-refractivity contribution < 1.29 is 14.7 Å². The van der Waals surface area contributed by atoms with Crippen molar-refractivity contribution in [2.75, 3.05) is 13.1 Å². The lowest BCUT2D eigenvalue weighted by Crippen LogP contribution is -2.39. The molecule has 0 rings (SSSR count). The number of carboxylic acids is 1. The van der Waals surface area contributed by atoms with Gasteiger partial charge in [0, 0.05) is 25.9 Å². The topological polar surface area (TPSA) is 78.4 Å². The molecule has 0 aliphatic rings. The molecule has 5 heteroatoms. The molecule has 0 saturated carbocycles. The van der Waals surface area contributed by atoms with E-state index in [1.807, 2.05) is 13.8 Å². The second kappa shape index (κ2) is 10.2. The van der Waals surface area contributed by atoms with Crippen molar-refractivity contribution in [1.82, 2.24) is 10.6 Å². The van der Waals surface area contributed by atoms with Crippen LogP contribution in [0.2, 0.25) is 0 Å². The zero-order chi connectivity index (χ0) is 14.7. The van der Waals surface area contributed by atoms with E-state index in [0.29, 0.717) is 25.4 Å². The van der Waals surface area contributed by atoms with Gasteiger partial charge in [-0.3, -0.25) is 4.79 Å². The quantitative estimate of drug-likeness (QED) is 0.464. The van der Waals surface area contributed by atoms with Gasteiger partial charge in [-0.15, -0.1) is 11.8 Å². The summed E-state index contributed by atoms with van der Waals surface area (Å²) >= 11 is 0. The van der Waals surface area contributed by atoms with Crippen LogP contribution in [0.15, 0.2) is 0 Å². The van der Waals surface area contributed by atoms with E-state index in [9.17, 15) is 9.59 Å². The summed E-state index contributed by atoms with van der Waals surface area (Å²) in [5.41, 5.74) is 0. The summed E-state index contributed by atoms with van der Waals surface area (Å²) in [5.74, 6) is 5.15. The van der Waals surface area contributed by atoms with Gasteiger partial charge in [0.05, 0.1) is 0 Å². The van der Waals surface area contributed by atoms with Crippen LogP contribution in [0.1, 0.15) is 40.0 Å². The average molecular weight is 268 g/mol. The number of hydrogen-bond donors (Lipinski definition) is 3. The maximum atomic E-state index is 11.5. The SMILES string of the molecule is CC#CCCNC(=O)NCC(CC(=O)O)CC(C)C. The van der Waals surface area contributed by atoms with E-state index in [2.05, 4.69) is 22.5 Å². The molecule has 0 fully saturated rings. The number of rotatable bonds is 8. The number of carbonyl (C=O) groups excluding carboxylic acids is 1. The smallest absolute Gasteiger partial charge is 0.314 e. The molecule has 3 N–H and O–H groups in total. The minimum absolute atomic E-state index is 0.0290. The van der Waals surface area contributed by atoms with Gasteiger partial charge in [-0.2, -0.15) is 0 Å². The molecule has 0 saturated heterocycles. The number of hydrogen-bond acceptors (Lipinski definition) is 2. The molecular weight excluding hydrogens is 244 g/mol. The molecule has 0 radical (unpaired) electrons. The second-order valence-electron chi connectivity index (χ2n) is 4.91. The Labute approximate surface area is 115 Å². The van der Waals surface area contributed by atoms with Gasteiger partial charge in [0.2, 0.25) is 0 Å². The first-order valence-electron chi connectivity index (χ1n) is 6.58. The molecule has 0 aromatic carbocycles. The van der Waals surface area contributed by atoms with Gasteiger partial charge in [0.15, 0.2) is 0 Å². The van der Waals surface area contributed by atoms with Gasteiger partial charge in [0.1, 0.15) is 0 Å². The normalized spacial score (nSPS) is 11.4. The van der Waals surface area contributed by atoms with E-state index in [1.165, 1.54) is 0 Å². The Bertz CT molecular complexity index is 342. The van der Waals surface area contributed by atoms with Crippen LogP contribution in [0, 0.1) is 23.7 Å². The maximum absolute atomic E-state index is 11.5. The summed E-state index contributed by atoms with van der Waals surface area (Å²) in [7, 11) is 0. The van der Waals surface area contributed by atoms with Gasteiger partial charge in [-0.05, 0) is 25.2 Å². The molecule has 0 spiro atoms. The largest absolute Gasteiger partial charge is 0.481 e. The van der Waals surface area contributed by atoms with Crippen LogP contribution >= 0.6 is 0 Å². The van der Waals surface area contributed by atoms with E-state index in [-0.39, 0.29) is 18.4 Å². The fraction of sp³-hybridized carbons (Fsp3) is 0.714. The molecular formula is C14H24N2O3. The van der Waals surface area contributed by atoms with Crippen LogP contribution in [0.5, 0.6) is 0 Å². The summed E-state index contributed by atoms with van der Waals surface area (Å²) in [5, 5.41) is 14.2. The zero-order valence-corrected chi connectivity index (χ0v) is 12.0. The fourth-order valence-corrected chi connectivity index (χ4v) is 1.82. The van der Waals surface area contributed by atoms with Crippen molar-refractivity contribution in [3.05, 3.63) is 0 Å². The minimum Gasteiger partial charge on any atom is -0.481 e. The van der Waals surface area contributed by atoms with E-state index >= 15 is 0 Å². The number of amides is 2. The fourth-order valence-electron chi connectivity index (χ4n) is 1.82. The molecule has 0 aromatic rings. The number of carboxylic acid groups (broad SMARTS) is 1. The Morgan fingerprint density at radius 2 is 1.95 bits per heavy atom.